The molecule has 9 heteroatoms. The Labute approximate surface area is 138 Å². The number of rotatable bonds is 5. The van der Waals surface area contributed by atoms with Crippen LogP contribution < -0.4 is 11.1 Å². The van der Waals surface area contributed by atoms with E-state index >= 15 is 0 Å². The van der Waals surface area contributed by atoms with Crippen molar-refractivity contribution in [3.8, 4) is 0 Å². The van der Waals surface area contributed by atoms with Crippen LogP contribution in [0.15, 0.2) is 24.3 Å². The molecular weight excluding hydrogens is 335 g/mol. The highest BCUT2D eigenvalue weighted by molar-refractivity contribution is 5.95. The summed E-state index contributed by atoms with van der Waals surface area (Å²) in [6, 6.07) is 3.87. The molecule has 0 fully saturated rings. The molecule has 0 saturated carbocycles. The molecule has 0 unspecified atom stereocenters. The van der Waals surface area contributed by atoms with E-state index in [2.05, 4.69) is 5.32 Å². The van der Waals surface area contributed by atoms with E-state index in [1.165, 1.54) is 24.0 Å². The van der Waals surface area contributed by atoms with Gasteiger partial charge in [0.1, 0.15) is 0 Å². The lowest BCUT2D eigenvalue weighted by molar-refractivity contribution is -0.137. The Morgan fingerprint density at radius 3 is 2.35 bits per heavy atom. The maximum Gasteiger partial charge on any atom is 0.418 e. The standard InChI is InChI=1S/C14H18F3N3O2.ClH/c1-3-20(13(22)9(2)18)8-12(21)19-11-7-5-4-6-10(11)14(15,16)17;/h4-7,9H,3,8,18H2,1-2H3,(H,19,21);1H/t9-;/m1./s1. The zero-order valence-corrected chi connectivity index (χ0v) is 13.5. The lowest BCUT2D eigenvalue weighted by atomic mass is 10.1. The molecule has 0 spiro atoms. The molecule has 0 saturated heterocycles. The molecular formula is C14H19ClF3N3O2. The highest BCUT2D eigenvalue weighted by Crippen LogP contribution is 2.34. The van der Waals surface area contributed by atoms with Gasteiger partial charge in [-0.25, -0.2) is 0 Å². The highest BCUT2D eigenvalue weighted by atomic mass is 35.5. The summed E-state index contributed by atoms with van der Waals surface area (Å²) in [5.41, 5.74) is 4.17. The summed E-state index contributed by atoms with van der Waals surface area (Å²) in [4.78, 5) is 24.8. The number of hydrogen-bond donors (Lipinski definition) is 2. The fraction of sp³-hybridized carbons (Fsp3) is 0.429. The van der Waals surface area contributed by atoms with Gasteiger partial charge in [-0.05, 0) is 26.0 Å². The Hall–Kier alpha value is -1.80. The zero-order chi connectivity index (χ0) is 16.9. The maximum atomic E-state index is 12.8. The summed E-state index contributed by atoms with van der Waals surface area (Å²) in [5.74, 6) is -1.16. The lowest BCUT2D eigenvalue weighted by Crippen LogP contribution is -2.45. The zero-order valence-electron chi connectivity index (χ0n) is 12.7. The van der Waals surface area contributed by atoms with E-state index < -0.39 is 29.6 Å². The minimum absolute atomic E-state index is 0. The number of amides is 2. The number of halogens is 4. The van der Waals surface area contributed by atoms with Gasteiger partial charge in [-0.15, -0.1) is 12.4 Å². The molecule has 130 valence electrons. The van der Waals surface area contributed by atoms with Crippen LogP contribution in [0.4, 0.5) is 18.9 Å². The molecule has 1 aromatic rings. The number of nitrogens with zero attached hydrogens (tertiary/aromatic N) is 1. The van der Waals surface area contributed by atoms with Crippen molar-refractivity contribution in [2.45, 2.75) is 26.1 Å². The van der Waals surface area contributed by atoms with Crippen molar-refractivity contribution in [1.82, 2.24) is 4.90 Å². The molecule has 0 aliphatic carbocycles. The number of benzene rings is 1. The first-order valence-corrected chi connectivity index (χ1v) is 6.67. The maximum absolute atomic E-state index is 12.8. The fourth-order valence-corrected chi connectivity index (χ4v) is 1.84. The Morgan fingerprint density at radius 2 is 1.87 bits per heavy atom. The molecule has 5 nitrogen and oxygen atoms in total. The van der Waals surface area contributed by atoms with Gasteiger partial charge in [0.25, 0.3) is 0 Å². The predicted octanol–water partition coefficient (Wildman–Crippen LogP) is 2.26. The molecule has 0 aliphatic rings. The molecule has 23 heavy (non-hydrogen) atoms. The topological polar surface area (TPSA) is 75.4 Å². The van der Waals surface area contributed by atoms with Crippen LogP contribution in [-0.4, -0.2) is 35.8 Å². The number of anilines is 1. The molecule has 0 aliphatic heterocycles. The van der Waals surface area contributed by atoms with Crippen molar-refractivity contribution in [3.05, 3.63) is 29.8 Å². The van der Waals surface area contributed by atoms with Crippen LogP contribution in [-0.2, 0) is 15.8 Å². The second kappa shape index (κ2) is 8.73. The quantitative estimate of drug-likeness (QED) is 0.852. The average molecular weight is 354 g/mol. The summed E-state index contributed by atoms with van der Waals surface area (Å²) in [5, 5.41) is 2.18. The van der Waals surface area contributed by atoms with Crippen molar-refractivity contribution in [3.63, 3.8) is 0 Å². The highest BCUT2D eigenvalue weighted by Gasteiger charge is 2.33. The molecule has 1 aromatic carbocycles. The number of nitrogens with two attached hydrogens (primary N) is 1. The third-order valence-electron chi connectivity index (χ3n) is 2.92. The van der Waals surface area contributed by atoms with Crippen molar-refractivity contribution in [2.24, 2.45) is 5.73 Å². The second-order valence-corrected chi connectivity index (χ2v) is 4.73. The van der Waals surface area contributed by atoms with Crippen LogP contribution >= 0.6 is 12.4 Å². The van der Waals surface area contributed by atoms with Crippen LogP contribution in [0.2, 0.25) is 0 Å². The molecule has 2 amide bonds. The number of para-hydroxylation sites is 1. The number of hydrogen-bond acceptors (Lipinski definition) is 3. The summed E-state index contributed by atoms with van der Waals surface area (Å²) >= 11 is 0. The van der Waals surface area contributed by atoms with Gasteiger partial charge in [0, 0.05) is 6.54 Å². The average Bonchev–Trinajstić information content (AvgIpc) is 2.43. The van der Waals surface area contributed by atoms with E-state index in [0.29, 0.717) is 0 Å². The Kier molecular flexibility index (Phi) is 8.05. The van der Waals surface area contributed by atoms with Crippen LogP contribution in [0.3, 0.4) is 0 Å². The molecule has 0 radical (unpaired) electrons. The van der Waals surface area contributed by atoms with Crippen molar-refractivity contribution in [2.75, 3.05) is 18.4 Å². The molecule has 1 rings (SSSR count). The smallest absolute Gasteiger partial charge is 0.332 e. The summed E-state index contributed by atoms with van der Waals surface area (Å²) in [6.45, 7) is 3.00. The van der Waals surface area contributed by atoms with E-state index in [0.717, 1.165) is 12.1 Å². The number of alkyl halides is 3. The normalized spacial score (nSPS) is 12.1. The Bertz CT molecular complexity index is 550. The van der Waals surface area contributed by atoms with Gasteiger partial charge in [-0.3, -0.25) is 9.59 Å². The predicted molar refractivity (Wildman–Crippen MR) is 83.2 cm³/mol. The van der Waals surface area contributed by atoms with Crippen molar-refractivity contribution in [1.29, 1.82) is 0 Å². The first-order chi connectivity index (χ1) is 10.2. The van der Waals surface area contributed by atoms with Gasteiger partial charge in [0.15, 0.2) is 0 Å². The minimum Gasteiger partial charge on any atom is -0.332 e. The van der Waals surface area contributed by atoms with Crippen LogP contribution in [0.25, 0.3) is 0 Å². The van der Waals surface area contributed by atoms with Gasteiger partial charge in [-0.1, -0.05) is 12.1 Å². The summed E-state index contributed by atoms with van der Waals surface area (Å²) in [6.07, 6.45) is -4.57. The molecule has 0 bridgehead atoms. The first kappa shape index (κ1) is 21.2. The summed E-state index contributed by atoms with van der Waals surface area (Å²) < 4.78 is 38.5. The molecule has 3 N–H and O–H groups in total. The van der Waals surface area contributed by atoms with Gasteiger partial charge >= 0.3 is 6.18 Å². The number of carbonyl (C=O) groups is 2. The number of likely N-dealkylation sites (N-methyl/N-ethyl adjacent to an activating group) is 1. The lowest BCUT2D eigenvalue weighted by Gasteiger charge is -2.22. The largest absolute Gasteiger partial charge is 0.418 e. The van der Waals surface area contributed by atoms with E-state index in [1.807, 2.05) is 0 Å². The minimum atomic E-state index is -4.57. The van der Waals surface area contributed by atoms with E-state index in [4.69, 9.17) is 5.73 Å². The molecule has 0 heterocycles. The van der Waals surface area contributed by atoms with Crippen molar-refractivity contribution >= 4 is 29.9 Å². The first-order valence-electron chi connectivity index (χ1n) is 6.67. The Balaban J connectivity index is 0.00000484. The van der Waals surface area contributed by atoms with E-state index in [-0.39, 0.29) is 31.2 Å². The summed E-state index contributed by atoms with van der Waals surface area (Å²) in [7, 11) is 0. The van der Waals surface area contributed by atoms with E-state index in [1.54, 1.807) is 6.92 Å². The van der Waals surface area contributed by atoms with Crippen LogP contribution in [0.1, 0.15) is 19.4 Å². The third-order valence-corrected chi connectivity index (χ3v) is 2.92. The van der Waals surface area contributed by atoms with Gasteiger partial charge in [0.05, 0.1) is 23.8 Å². The van der Waals surface area contributed by atoms with Gasteiger partial charge < -0.3 is 16.0 Å². The second-order valence-electron chi connectivity index (χ2n) is 4.73. The third kappa shape index (κ3) is 6.07. The molecule has 0 aromatic heterocycles. The number of carbonyl (C=O) groups excluding carboxylic acids is 2. The SMILES string of the molecule is CCN(CC(=O)Nc1ccccc1C(F)(F)F)C(=O)[C@@H](C)N.Cl. The van der Waals surface area contributed by atoms with Crippen LogP contribution in [0, 0.1) is 0 Å². The molecule has 1 atom stereocenters. The monoisotopic (exact) mass is 353 g/mol. The Morgan fingerprint density at radius 1 is 1.30 bits per heavy atom. The van der Waals surface area contributed by atoms with Crippen molar-refractivity contribution < 1.29 is 22.8 Å². The fourth-order valence-electron chi connectivity index (χ4n) is 1.84. The van der Waals surface area contributed by atoms with E-state index in [9.17, 15) is 22.8 Å². The van der Waals surface area contributed by atoms with Crippen LogP contribution in [0.5, 0.6) is 0 Å². The van der Waals surface area contributed by atoms with Gasteiger partial charge in [-0.2, -0.15) is 13.2 Å². The van der Waals surface area contributed by atoms with Gasteiger partial charge in [0.2, 0.25) is 11.8 Å². The number of nitrogens with one attached hydrogen (secondary N) is 1.